The van der Waals surface area contributed by atoms with Crippen molar-refractivity contribution in [1.29, 1.82) is 0 Å². The van der Waals surface area contributed by atoms with Crippen molar-refractivity contribution in [3.63, 3.8) is 0 Å². The number of hydrogen-bond acceptors (Lipinski definition) is 0. The highest BCUT2D eigenvalue weighted by atomic mass is 28.3. The number of hydrogen-bond donors (Lipinski definition) is 0. The van der Waals surface area contributed by atoms with Gasteiger partial charge in [0.1, 0.15) is 0 Å². The molecule has 0 radical (unpaired) electrons. The maximum atomic E-state index is 2.47. The van der Waals surface area contributed by atoms with Crippen LogP contribution < -0.4 is 20.7 Å². The van der Waals surface area contributed by atoms with Crippen molar-refractivity contribution in [2.24, 2.45) is 0 Å². The van der Waals surface area contributed by atoms with E-state index in [-0.39, 0.29) is 0 Å². The zero-order valence-corrected chi connectivity index (χ0v) is 26.9. The van der Waals surface area contributed by atoms with E-state index < -0.39 is 8.07 Å². The molecule has 2 heterocycles. The predicted molar refractivity (Wildman–Crippen MR) is 201 cm³/mol. The van der Waals surface area contributed by atoms with E-state index in [1.54, 1.807) is 0 Å². The number of aromatic nitrogens is 2. The lowest BCUT2D eigenvalue weighted by Crippen LogP contribution is -2.74. The van der Waals surface area contributed by atoms with E-state index in [1.807, 2.05) is 0 Å². The second-order valence-corrected chi connectivity index (χ2v) is 16.0. The quantitative estimate of drug-likeness (QED) is 0.132. The normalized spacial score (nSPS) is 11.8. The van der Waals surface area contributed by atoms with Crippen molar-refractivity contribution in [3.05, 3.63) is 194 Å². The van der Waals surface area contributed by atoms with Crippen LogP contribution in [0.25, 0.3) is 44.1 Å². The minimum atomic E-state index is -2.61. The van der Waals surface area contributed by atoms with Gasteiger partial charge in [-0.2, -0.15) is 0 Å². The van der Waals surface area contributed by atoms with Crippen molar-refractivity contribution in [2.45, 2.75) is 0 Å². The van der Waals surface area contributed by atoms with E-state index >= 15 is 0 Å². The standard InChI is InChI=1S/C44H32N2Si/c1-5-15-34(16-6-1)45-32-31-33-25-30-41-40-23-13-14-24-42(40)46(44(41)43(33)45)35-26-28-39(29-27-35)47(36-17-7-2-8-18-36,37-19-9-3-10-20-37)38-21-11-4-12-22-38/h1-32H. The van der Waals surface area contributed by atoms with Crippen LogP contribution in [0.3, 0.4) is 0 Å². The molecule has 9 aromatic rings. The van der Waals surface area contributed by atoms with Crippen molar-refractivity contribution in [2.75, 3.05) is 0 Å². The monoisotopic (exact) mass is 616 g/mol. The molecule has 9 rings (SSSR count). The Morgan fingerprint density at radius 2 is 0.851 bits per heavy atom. The van der Waals surface area contributed by atoms with Crippen LogP contribution in [0.4, 0.5) is 0 Å². The van der Waals surface area contributed by atoms with Gasteiger partial charge in [0.25, 0.3) is 0 Å². The smallest absolute Gasteiger partial charge is 0.179 e. The van der Waals surface area contributed by atoms with Crippen LogP contribution in [-0.4, -0.2) is 17.2 Å². The third kappa shape index (κ3) is 4.24. The highest BCUT2D eigenvalue weighted by Gasteiger charge is 2.41. The minimum Gasteiger partial charge on any atom is -0.315 e. The molecule has 0 spiro atoms. The maximum absolute atomic E-state index is 2.61. The van der Waals surface area contributed by atoms with Gasteiger partial charge in [0.2, 0.25) is 0 Å². The topological polar surface area (TPSA) is 9.86 Å². The summed E-state index contributed by atoms with van der Waals surface area (Å²) in [7, 11) is -2.61. The van der Waals surface area contributed by atoms with Crippen molar-refractivity contribution in [3.8, 4) is 11.4 Å². The molecule has 0 saturated heterocycles. The predicted octanol–water partition coefficient (Wildman–Crippen LogP) is 8.11. The molecule has 0 N–H and O–H groups in total. The fourth-order valence-corrected chi connectivity index (χ4v) is 12.4. The number of benzene rings is 7. The van der Waals surface area contributed by atoms with Gasteiger partial charge in [-0.3, -0.25) is 0 Å². The summed E-state index contributed by atoms with van der Waals surface area (Å²) in [6.45, 7) is 0. The van der Waals surface area contributed by atoms with Crippen LogP contribution in [0.1, 0.15) is 0 Å². The molecule has 7 aromatic carbocycles. The average molecular weight is 617 g/mol. The zero-order chi connectivity index (χ0) is 31.2. The van der Waals surface area contributed by atoms with Crippen molar-refractivity contribution >= 4 is 61.5 Å². The Morgan fingerprint density at radius 3 is 1.45 bits per heavy atom. The van der Waals surface area contributed by atoms with Crippen molar-refractivity contribution in [1.82, 2.24) is 9.13 Å². The van der Waals surface area contributed by atoms with E-state index in [0.29, 0.717) is 0 Å². The van der Waals surface area contributed by atoms with Gasteiger partial charge < -0.3 is 9.13 Å². The summed E-state index contributed by atoms with van der Waals surface area (Å²) in [5.41, 5.74) is 5.97. The summed E-state index contributed by atoms with van der Waals surface area (Å²) in [5.74, 6) is 0. The van der Waals surface area contributed by atoms with Crippen molar-refractivity contribution < 1.29 is 0 Å². The Bertz CT molecular complexity index is 2380. The number of fused-ring (bicyclic) bond motifs is 5. The second-order valence-electron chi connectivity index (χ2n) is 12.2. The molecule has 0 atom stereocenters. The molecule has 2 aromatic heterocycles. The zero-order valence-electron chi connectivity index (χ0n) is 25.9. The minimum absolute atomic E-state index is 1.16. The molecular weight excluding hydrogens is 585 g/mol. The lowest BCUT2D eigenvalue weighted by Gasteiger charge is -2.34. The van der Waals surface area contributed by atoms with E-state index in [2.05, 4.69) is 203 Å². The van der Waals surface area contributed by atoms with Crippen LogP contribution in [0.5, 0.6) is 0 Å². The van der Waals surface area contributed by atoms with Gasteiger partial charge in [-0.25, -0.2) is 0 Å². The second kappa shape index (κ2) is 11.2. The molecule has 0 unspecified atom stereocenters. The van der Waals surface area contributed by atoms with Gasteiger partial charge >= 0.3 is 0 Å². The Hall–Kier alpha value is -5.90. The summed E-state index contributed by atoms with van der Waals surface area (Å²) in [5, 5.41) is 9.25. The molecule has 2 nitrogen and oxygen atoms in total. The summed E-state index contributed by atoms with van der Waals surface area (Å²) in [6, 6.07) is 69.1. The summed E-state index contributed by atoms with van der Waals surface area (Å²) >= 11 is 0. The first-order chi connectivity index (χ1) is 23.3. The third-order valence-electron chi connectivity index (χ3n) is 9.70. The van der Waals surface area contributed by atoms with E-state index in [0.717, 1.165) is 11.4 Å². The molecule has 0 amide bonds. The van der Waals surface area contributed by atoms with Gasteiger partial charge in [0.15, 0.2) is 8.07 Å². The molecule has 0 bridgehead atoms. The molecule has 47 heavy (non-hydrogen) atoms. The Labute approximate surface area is 275 Å². The van der Waals surface area contributed by atoms with Gasteiger partial charge in [0.05, 0.1) is 16.6 Å². The maximum Gasteiger partial charge on any atom is 0.179 e. The van der Waals surface area contributed by atoms with Gasteiger partial charge in [-0.1, -0.05) is 152 Å². The van der Waals surface area contributed by atoms with Crippen LogP contribution in [0.2, 0.25) is 0 Å². The van der Waals surface area contributed by atoms with Gasteiger partial charge in [-0.05, 0) is 57.1 Å². The first-order valence-electron chi connectivity index (χ1n) is 16.2. The SMILES string of the molecule is c1ccc(-n2ccc3ccc4c5ccccc5n(-c5ccc([Si](c6ccccc6)(c6ccccc6)c6ccccc6)cc5)c4c32)cc1. The van der Waals surface area contributed by atoms with Crippen LogP contribution >= 0.6 is 0 Å². The number of para-hydroxylation sites is 2. The molecule has 0 fully saturated rings. The fraction of sp³-hybridized carbons (Fsp3) is 0. The molecule has 0 aliphatic heterocycles. The molecule has 0 saturated carbocycles. The highest BCUT2D eigenvalue weighted by Crippen LogP contribution is 2.37. The number of nitrogens with zero attached hydrogens (tertiary/aromatic N) is 2. The molecule has 3 heteroatoms. The first-order valence-corrected chi connectivity index (χ1v) is 18.2. The summed E-state index contributed by atoms with van der Waals surface area (Å²) < 4.78 is 4.80. The van der Waals surface area contributed by atoms with E-state index in [1.165, 1.54) is 53.5 Å². The summed E-state index contributed by atoms with van der Waals surface area (Å²) in [4.78, 5) is 0. The van der Waals surface area contributed by atoms with Crippen LogP contribution in [0.15, 0.2) is 194 Å². The van der Waals surface area contributed by atoms with Gasteiger partial charge in [-0.15, -0.1) is 0 Å². The fourth-order valence-electron chi connectivity index (χ4n) is 7.67. The van der Waals surface area contributed by atoms with Gasteiger partial charge in [0, 0.05) is 33.7 Å². The third-order valence-corrected chi connectivity index (χ3v) is 14.5. The lowest BCUT2D eigenvalue weighted by molar-refractivity contribution is 1.12. The van der Waals surface area contributed by atoms with Crippen LogP contribution in [0, 0.1) is 0 Å². The van der Waals surface area contributed by atoms with Crippen LogP contribution in [-0.2, 0) is 0 Å². The molecule has 222 valence electrons. The first kappa shape index (κ1) is 27.4. The molecule has 0 aliphatic carbocycles. The largest absolute Gasteiger partial charge is 0.315 e. The Balaban J connectivity index is 1.33. The Morgan fingerprint density at radius 1 is 0.340 bits per heavy atom. The number of rotatable bonds is 6. The molecule has 0 aliphatic rings. The lowest BCUT2D eigenvalue weighted by atomic mass is 10.1. The van der Waals surface area contributed by atoms with E-state index in [9.17, 15) is 0 Å². The average Bonchev–Trinajstić information content (AvgIpc) is 3.74. The Kier molecular flexibility index (Phi) is 6.51. The summed E-state index contributed by atoms with van der Waals surface area (Å²) in [6.07, 6.45) is 2.20. The highest BCUT2D eigenvalue weighted by molar-refractivity contribution is 7.19. The van der Waals surface area contributed by atoms with E-state index in [4.69, 9.17) is 0 Å². The molecular formula is C44H32N2Si.